The van der Waals surface area contributed by atoms with Crippen molar-refractivity contribution in [1.29, 1.82) is 0 Å². The van der Waals surface area contributed by atoms with E-state index in [-0.39, 0.29) is 17.9 Å². The number of rotatable bonds is 3. The molecule has 0 aromatic rings. The standard InChI is InChI=1S/C12H21NO3/c1-12(9-14)3-2-10(12)8-11(15)13-4-6-16-7-5-13/h10,14H,2-9H2,1H3/t10-,12-/m0/s1. The minimum atomic E-state index is -0.0120. The number of nitrogens with zero attached hydrogens (tertiary/aromatic N) is 1. The minimum Gasteiger partial charge on any atom is -0.396 e. The van der Waals surface area contributed by atoms with E-state index >= 15 is 0 Å². The van der Waals surface area contributed by atoms with Gasteiger partial charge in [0, 0.05) is 26.1 Å². The van der Waals surface area contributed by atoms with Crippen LogP contribution >= 0.6 is 0 Å². The number of aliphatic hydroxyl groups excluding tert-OH is 1. The molecule has 1 saturated carbocycles. The van der Waals surface area contributed by atoms with Gasteiger partial charge in [-0.05, 0) is 24.2 Å². The van der Waals surface area contributed by atoms with Gasteiger partial charge in [-0.3, -0.25) is 4.79 Å². The summed E-state index contributed by atoms with van der Waals surface area (Å²) < 4.78 is 5.22. The molecule has 16 heavy (non-hydrogen) atoms. The van der Waals surface area contributed by atoms with Crippen LogP contribution in [0.2, 0.25) is 0 Å². The van der Waals surface area contributed by atoms with E-state index in [4.69, 9.17) is 4.74 Å². The van der Waals surface area contributed by atoms with Crippen LogP contribution in [0.5, 0.6) is 0 Å². The summed E-state index contributed by atoms with van der Waals surface area (Å²) in [6.07, 6.45) is 2.72. The molecule has 92 valence electrons. The van der Waals surface area contributed by atoms with Crippen molar-refractivity contribution in [2.75, 3.05) is 32.9 Å². The lowest BCUT2D eigenvalue weighted by Crippen LogP contribution is -2.46. The monoisotopic (exact) mass is 227 g/mol. The van der Waals surface area contributed by atoms with Crippen molar-refractivity contribution < 1.29 is 14.6 Å². The van der Waals surface area contributed by atoms with Crippen molar-refractivity contribution in [3.05, 3.63) is 0 Å². The fraction of sp³-hybridized carbons (Fsp3) is 0.917. The van der Waals surface area contributed by atoms with E-state index in [1.54, 1.807) is 0 Å². The molecule has 1 amide bonds. The minimum absolute atomic E-state index is 0.0120. The van der Waals surface area contributed by atoms with Crippen LogP contribution in [0.3, 0.4) is 0 Å². The Morgan fingerprint density at radius 1 is 1.50 bits per heavy atom. The van der Waals surface area contributed by atoms with Crippen LogP contribution < -0.4 is 0 Å². The smallest absolute Gasteiger partial charge is 0.223 e. The molecule has 0 radical (unpaired) electrons. The van der Waals surface area contributed by atoms with Crippen LogP contribution in [-0.2, 0) is 9.53 Å². The van der Waals surface area contributed by atoms with Gasteiger partial charge in [-0.2, -0.15) is 0 Å². The van der Waals surface area contributed by atoms with Gasteiger partial charge in [0.1, 0.15) is 0 Å². The van der Waals surface area contributed by atoms with Crippen molar-refractivity contribution in [1.82, 2.24) is 4.90 Å². The van der Waals surface area contributed by atoms with E-state index in [9.17, 15) is 9.90 Å². The molecule has 4 heteroatoms. The highest BCUT2D eigenvalue weighted by atomic mass is 16.5. The second-order valence-corrected chi connectivity index (χ2v) is 5.25. The fourth-order valence-electron chi connectivity index (χ4n) is 2.55. The van der Waals surface area contributed by atoms with Gasteiger partial charge >= 0.3 is 0 Å². The molecule has 4 nitrogen and oxygen atoms in total. The number of hydrogen-bond acceptors (Lipinski definition) is 3. The molecule has 1 N–H and O–H groups in total. The first-order valence-corrected chi connectivity index (χ1v) is 6.12. The maximum atomic E-state index is 12.0. The Labute approximate surface area is 96.6 Å². The average Bonchev–Trinajstić information content (AvgIpc) is 2.34. The highest BCUT2D eigenvalue weighted by molar-refractivity contribution is 5.76. The molecule has 0 unspecified atom stereocenters. The molecule has 2 rings (SSSR count). The van der Waals surface area contributed by atoms with Gasteiger partial charge in [0.2, 0.25) is 5.91 Å². The lowest BCUT2D eigenvalue weighted by Gasteiger charge is -2.46. The molecule has 2 aliphatic rings. The predicted molar refractivity (Wildman–Crippen MR) is 59.9 cm³/mol. The second-order valence-electron chi connectivity index (χ2n) is 5.25. The zero-order valence-corrected chi connectivity index (χ0v) is 9.95. The Hall–Kier alpha value is -0.610. The van der Waals surface area contributed by atoms with Gasteiger partial charge in [-0.15, -0.1) is 0 Å². The van der Waals surface area contributed by atoms with Crippen molar-refractivity contribution in [3.8, 4) is 0 Å². The van der Waals surface area contributed by atoms with Gasteiger partial charge < -0.3 is 14.7 Å². The Morgan fingerprint density at radius 3 is 2.69 bits per heavy atom. The summed E-state index contributed by atoms with van der Waals surface area (Å²) >= 11 is 0. The molecule has 1 aliphatic carbocycles. The van der Waals surface area contributed by atoms with Gasteiger partial charge in [0.25, 0.3) is 0 Å². The van der Waals surface area contributed by atoms with E-state index < -0.39 is 0 Å². The van der Waals surface area contributed by atoms with Crippen LogP contribution in [0.15, 0.2) is 0 Å². The van der Waals surface area contributed by atoms with Crippen molar-refractivity contribution in [3.63, 3.8) is 0 Å². The Bertz CT molecular complexity index is 259. The van der Waals surface area contributed by atoms with Crippen molar-refractivity contribution in [2.24, 2.45) is 11.3 Å². The van der Waals surface area contributed by atoms with Gasteiger partial charge in [-0.25, -0.2) is 0 Å². The van der Waals surface area contributed by atoms with Crippen LogP contribution in [0.1, 0.15) is 26.2 Å². The maximum Gasteiger partial charge on any atom is 0.223 e. The third-order valence-corrected chi connectivity index (χ3v) is 4.20. The summed E-state index contributed by atoms with van der Waals surface area (Å²) in [5.41, 5.74) is -0.0120. The molecule has 0 aromatic carbocycles. The summed E-state index contributed by atoms with van der Waals surface area (Å²) in [6.45, 7) is 5.05. The molecule has 0 spiro atoms. The zero-order valence-electron chi connectivity index (χ0n) is 9.95. The Morgan fingerprint density at radius 2 is 2.19 bits per heavy atom. The number of carbonyl (C=O) groups is 1. The molecule has 1 saturated heterocycles. The summed E-state index contributed by atoms with van der Waals surface area (Å²) in [6, 6.07) is 0. The van der Waals surface area contributed by atoms with E-state index in [1.165, 1.54) is 0 Å². The maximum absolute atomic E-state index is 12.0. The number of morpholine rings is 1. The van der Waals surface area contributed by atoms with E-state index in [0.717, 1.165) is 25.9 Å². The van der Waals surface area contributed by atoms with Crippen molar-refractivity contribution in [2.45, 2.75) is 26.2 Å². The first kappa shape index (κ1) is 11.9. The molecular weight excluding hydrogens is 206 g/mol. The van der Waals surface area contributed by atoms with Gasteiger partial charge in [-0.1, -0.05) is 6.92 Å². The van der Waals surface area contributed by atoms with Crippen LogP contribution in [0, 0.1) is 11.3 Å². The number of carbonyl (C=O) groups excluding carboxylic acids is 1. The first-order chi connectivity index (χ1) is 7.65. The normalized spacial score (nSPS) is 34.6. The highest BCUT2D eigenvalue weighted by Gasteiger charge is 2.43. The first-order valence-electron chi connectivity index (χ1n) is 6.12. The zero-order chi connectivity index (χ0) is 11.6. The Balaban J connectivity index is 1.83. The third-order valence-electron chi connectivity index (χ3n) is 4.20. The van der Waals surface area contributed by atoms with E-state index in [2.05, 4.69) is 6.92 Å². The molecule has 1 heterocycles. The molecule has 2 fully saturated rings. The SMILES string of the molecule is C[C@@]1(CO)CC[C@H]1CC(=O)N1CCOCC1. The third kappa shape index (κ3) is 2.23. The number of ether oxygens (including phenoxy) is 1. The van der Waals surface area contributed by atoms with E-state index in [1.807, 2.05) is 4.90 Å². The van der Waals surface area contributed by atoms with Crippen LogP contribution in [0.25, 0.3) is 0 Å². The molecule has 0 aromatic heterocycles. The van der Waals surface area contributed by atoms with Crippen LogP contribution in [-0.4, -0.2) is 48.8 Å². The molecule has 2 atom stereocenters. The summed E-state index contributed by atoms with van der Waals surface area (Å²) in [5.74, 6) is 0.598. The van der Waals surface area contributed by atoms with Crippen LogP contribution in [0.4, 0.5) is 0 Å². The van der Waals surface area contributed by atoms with E-state index in [0.29, 0.717) is 25.6 Å². The number of aliphatic hydroxyl groups is 1. The summed E-state index contributed by atoms with van der Waals surface area (Å²) in [5, 5.41) is 9.29. The Kier molecular flexibility index (Phi) is 3.50. The van der Waals surface area contributed by atoms with Crippen molar-refractivity contribution >= 4 is 5.91 Å². The summed E-state index contributed by atoms with van der Waals surface area (Å²) in [4.78, 5) is 13.9. The van der Waals surface area contributed by atoms with Gasteiger partial charge in [0.05, 0.1) is 13.2 Å². The highest BCUT2D eigenvalue weighted by Crippen LogP contribution is 2.47. The predicted octanol–water partition coefficient (Wildman–Crippen LogP) is 0.644. The van der Waals surface area contributed by atoms with Gasteiger partial charge in [0.15, 0.2) is 0 Å². The fourth-order valence-corrected chi connectivity index (χ4v) is 2.55. The average molecular weight is 227 g/mol. The lowest BCUT2D eigenvalue weighted by atomic mass is 9.60. The topological polar surface area (TPSA) is 49.8 Å². The molecule has 1 aliphatic heterocycles. The summed E-state index contributed by atoms with van der Waals surface area (Å²) in [7, 11) is 0. The number of amides is 1. The quantitative estimate of drug-likeness (QED) is 0.770. The lowest BCUT2D eigenvalue weighted by molar-refractivity contribution is -0.140. The largest absolute Gasteiger partial charge is 0.396 e. The second kappa shape index (κ2) is 4.72. The number of hydrogen-bond donors (Lipinski definition) is 1. The molecular formula is C12H21NO3. The molecule has 0 bridgehead atoms.